The molecule has 0 amide bonds. The lowest BCUT2D eigenvalue weighted by atomic mass is 10.2. The van der Waals surface area contributed by atoms with Gasteiger partial charge in [0.1, 0.15) is 16.4 Å². The van der Waals surface area contributed by atoms with Gasteiger partial charge in [0, 0.05) is 35.2 Å². The van der Waals surface area contributed by atoms with E-state index in [1.54, 1.807) is 22.8 Å². The largest absolute Gasteiger partial charge is 0.300 e. The quantitative estimate of drug-likeness (QED) is 0.715. The molecule has 0 aliphatic carbocycles. The van der Waals surface area contributed by atoms with Gasteiger partial charge in [-0.15, -0.1) is 22.7 Å². The lowest BCUT2D eigenvalue weighted by Gasteiger charge is -2.10. The summed E-state index contributed by atoms with van der Waals surface area (Å²) in [6.45, 7) is 3.93. The lowest BCUT2D eigenvalue weighted by Crippen LogP contribution is -2.25. The van der Waals surface area contributed by atoms with E-state index in [0.717, 1.165) is 21.1 Å². The normalized spacial score (nSPS) is 11.2. The van der Waals surface area contributed by atoms with Crippen LogP contribution < -0.4 is 5.56 Å². The number of aromatic nitrogens is 2. The summed E-state index contributed by atoms with van der Waals surface area (Å²) in [5, 5.41) is 4.67. The molecular formula is C16H16N2O2S2. The number of ketones is 1. The van der Waals surface area contributed by atoms with E-state index in [0.29, 0.717) is 24.8 Å². The minimum Gasteiger partial charge on any atom is -0.300 e. The molecule has 0 N–H and O–H groups in total. The van der Waals surface area contributed by atoms with Crippen molar-refractivity contribution in [3.8, 4) is 10.4 Å². The van der Waals surface area contributed by atoms with Crippen molar-refractivity contribution in [2.75, 3.05) is 0 Å². The Balaban J connectivity index is 2.21. The fraction of sp³-hybridized carbons (Fsp3) is 0.312. The van der Waals surface area contributed by atoms with Crippen molar-refractivity contribution in [3.05, 3.63) is 39.1 Å². The van der Waals surface area contributed by atoms with Gasteiger partial charge in [0.05, 0.1) is 5.39 Å². The monoisotopic (exact) mass is 332 g/mol. The van der Waals surface area contributed by atoms with Crippen LogP contribution in [-0.2, 0) is 17.8 Å². The molecule has 114 valence electrons. The van der Waals surface area contributed by atoms with Crippen LogP contribution in [0.15, 0.2) is 27.7 Å². The van der Waals surface area contributed by atoms with Crippen LogP contribution in [0.2, 0.25) is 0 Å². The van der Waals surface area contributed by atoms with E-state index < -0.39 is 0 Å². The highest BCUT2D eigenvalue weighted by molar-refractivity contribution is 7.18. The summed E-state index contributed by atoms with van der Waals surface area (Å²) in [7, 11) is 0. The van der Waals surface area contributed by atoms with Crippen molar-refractivity contribution < 1.29 is 4.79 Å². The Labute approximate surface area is 136 Å². The number of nitrogens with zero attached hydrogens (tertiary/aromatic N) is 2. The second kappa shape index (κ2) is 6.14. The number of hydrogen-bond donors (Lipinski definition) is 0. The summed E-state index contributed by atoms with van der Waals surface area (Å²) in [4.78, 5) is 30.7. The number of fused-ring (bicyclic) bond motifs is 1. The lowest BCUT2D eigenvalue weighted by molar-refractivity contribution is -0.117. The molecule has 3 rings (SSSR count). The average molecular weight is 332 g/mol. The fourth-order valence-corrected chi connectivity index (χ4v) is 4.22. The Morgan fingerprint density at radius 3 is 2.82 bits per heavy atom. The summed E-state index contributed by atoms with van der Waals surface area (Å²) in [5.74, 6) is 0.830. The molecule has 4 nitrogen and oxygen atoms in total. The predicted molar refractivity (Wildman–Crippen MR) is 91.9 cm³/mol. The van der Waals surface area contributed by atoms with Gasteiger partial charge < -0.3 is 0 Å². The molecule has 3 heterocycles. The molecule has 6 heteroatoms. The van der Waals surface area contributed by atoms with Crippen LogP contribution in [0.4, 0.5) is 0 Å². The average Bonchev–Trinajstić information content (AvgIpc) is 3.14. The van der Waals surface area contributed by atoms with Crippen molar-refractivity contribution in [3.63, 3.8) is 0 Å². The maximum absolute atomic E-state index is 12.9. The molecule has 3 aromatic rings. The van der Waals surface area contributed by atoms with E-state index >= 15 is 0 Å². The SMILES string of the molecule is CCc1nc2scc(-c3cccs3)c2c(=O)n1CCC(C)=O. The molecule has 22 heavy (non-hydrogen) atoms. The highest BCUT2D eigenvalue weighted by atomic mass is 32.1. The summed E-state index contributed by atoms with van der Waals surface area (Å²) >= 11 is 3.12. The van der Waals surface area contributed by atoms with E-state index in [1.165, 1.54) is 11.3 Å². The van der Waals surface area contributed by atoms with Gasteiger partial charge in [0.25, 0.3) is 5.56 Å². The first-order valence-electron chi connectivity index (χ1n) is 7.16. The predicted octanol–water partition coefficient (Wildman–Crippen LogP) is 3.73. The Morgan fingerprint density at radius 2 is 2.18 bits per heavy atom. The third kappa shape index (κ3) is 2.64. The zero-order valence-electron chi connectivity index (χ0n) is 12.5. The van der Waals surface area contributed by atoms with E-state index in [-0.39, 0.29) is 11.3 Å². The summed E-state index contributed by atoms with van der Waals surface area (Å²) in [5.41, 5.74) is 0.916. The Bertz CT molecular complexity index is 876. The molecule has 0 aliphatic heterocycles. The van der Waals surface area contributed by atoms with Gasteiger partial charge in [-0.3, -0.25) is 14.2 Å². The number of aryl methyl sites for hydroxylation is 1. The first-order valence-corrected chi connectivity index (χ1v) is 8.92. The summed E-state index contributed by atoms with van der Waals surface area (Å²) < 4.78 is 1.66. The molecule has 0 saturated heterocycles. The van der Waals surface area contributed by atoms with Gasteiger partial charge in [-0.1, -0.05) is 13.0 Å². The third-order valence-electron chi connectivity index (χ3n) is 3.56. The summed E-state index contributed by atoms with van der Waals surface area (Å²) in [6.07, 6.45) is 1.04. The van der Waals surface area contributed by atoms with Crippen LogP contribution >= 0.6 is 22.7 Å². The van der Waals surface area contributed by atoms with Crippen molar-refractivity contribution in [1.29, 1.82) is 0 Å². The van der Waals surface area contributed by atoms with Crippen LogP contribution in [0.1, 0.15) is 26.1 Å². The molecule has 0 aliphatic rings. The molecule has 0 aromatic carbocycles. The van der Waals surface area contributed by atoms with Crippen LogP contribution in [0.3, 0.4) is 0 Å². The minimum absolute atomic E-state index is 0.0345. The van der Waals surface area contributed by atoms with E-state index in [2.05, 4.69) is 4.98 Å². The standard InChI is InChI=1S/C16H16N2O2S2/c1-3-13-17-15-14(16(20)18(13)7-6-10(2)19)11(9-22-15)12-5-4-8-21-12/h4-5,8-9H,3,6-7H2,1-2H3. The number of carbonyl (C=O) groups excluding carboxylic acids is 1. The van der Waals surface area contributed by atoms with Crippen molar-refractivity contribution in [1.82, 2.24) is 9.55 Å². The van der Waals surface area contributed by atoms with Gasteiger partial charge in [0.15, 0.2) is 0 Å². The number of Topliss-reactive ketones (excluding diaryl/α,β-unsaturated/α-hetero) is 1. The zero-order chi connectivity index (χ0) is 15.7. The number of hydrogen-bond acceptors (Lipinski definition) is 5. The Hall–Kier alpha value is -1.79. The Kier molecular flexibility index (Phi) is 4.22. The highest BCUT2D eigenvalue weighted by Gasteiger charge is 2.16. The topological polar surface area (TPSA) is 52.0 Å². The maximum Gasteiger partial charge on any atom is 0.262 e. The smallest absolute Gasteiger partial charge is 0.262 e. The van der Waals surface area contributed by atoms with Gasteiger partial charge in [-0.2, -0.15) is 0 Å². The second-order valence-corrected chi connectivity index (χ2v) is 6.90. The molecule has 0 fully saturated rings. The van der Waals surface area contributed by atoms with Crippen molar-refractivity contribution in [2.24, 2.45) is 0 Å². The van der Waals surface area contributed by atoms with Gasteiger partial charge in [-0.25, -0.2) is 4.98 Å². The molecule has 0 atom stereocenters. The van der Waals surface area contributed by atoms with Crippen LogP contribution in [0, 0.1) is 0 Å². The second-order valence-electron chi connectivity index (χ2n) is 5.10. The molecule has 0 saturated carbocycles. The van der Waals surface area contributed by atoms with Gasteiger partial charge in [-0.05, 0) is 18.4 Å². The number of thiophene rings is 2. The molecule has 0 bridgehead atoms. The number of rotatable bonds is 5. The fourth-order valence-electron chi connectivity index (χ4n) is 2.45. The molecule has 0 spiro atoms. The molecular weight excluding hydrogens is 316 g/mol. The van der Waals surface area contributed by atoms with Crippen molar-refractivity contribution in [2.45, 2.75) is 33.2 Å². The first-order chi connectivity index (χ1) is 10.6. The van der Waals surface area contributed by atoms with E-state index in [4.69, 9.17) is 0 Å². The summed E-state index contributed by atoms with van der Waals surface area (Å²) in [6, 6.07) is 3.99. The minimum atomic E-state index is -0.0345. The van der Waals surface area contributed by atoms with Crippen molar-refractivity contribution >= 4 is 38.7 Å². The van der Waals surface area contributed by atoms with Crippen LogP contribution in [-0.4, -0.2) is 15.3 Å². The van der Waals surface area contributed by atoms with Crippen LogP contribution in [0.5, 0.6) is 0 Å². The van der Waals surface area contributed by atoms with E-state index in [1.807, 2.05) is 29.8 Å². The molecule has 0 unspecified atom stereocenters. The number of carbonyl (C=O) groups is 1. The zero-order valence-corrected chi connectivity index (χ0v) is 14.1. The van der Waals surface area contributed by atoms with E-state index in [9.17, 15) is 9.59 Å². The Morgan fingerprint density at radius 1 is 1.36 bits per heavy atom. The van der Waals surface area contributed by atoms with Gasteiger partial charge >= 0.3 is 0 Å². The van der Waals surface area contributed by atoms with Crippen LogP contribution in [0.25, 0.3) is 20.7 Å². The molecule has 3 aromatic heterocycles. The first kappa shape index (κ1) is 15.1. The molecule has 0 radical (unpaired) electrons. The highest BCUT2D eigenvalue weighted by Crippen LogP contribution is 2.33. The third-order valence-corrected chi connectivity index (χ3v) is 5.34. The van der Waals surface area contributed by atoms with Gasteiger partial charge in [0.2, 0.25) is 0 Å². The maximum atomic E-state index is 12.9.